The van der Waals surface area contributed by atoms with Gasteiger partial charge in [-0.05, 0) is 55.0 Å². The molecule has 0 aliphatic rings. The van der Waals surface area contributed by atoms with Crippen molar-refractivity contribution < 1.29 is 28.6 Å². The summed E-state index contributed by atoms with van der Waals surface area (Å²) in [5.74, 6) is 0.269. The number of non-ortho nitro benzene ring substituents is 2. The molecule has 0 fully saturated rings. The van der Waals surface area contributed by atoms with Gasteiger partial charge in [-0.3, -0.25) is 29.8 Å². The number of hydrogen-bond donors (Lipinski definition) is 1. The van der Waals surface area contributed by atoms with Crippen LogP contribution >= 0.6 is 0 Å². The first kappa shape index (κ1) is 26.5. The van der Waals surface area contributed by atoms with Crippen molar-refractivity contribution >= 4 is 28.9 Å². The minimum Gasteiger partial charge on any atom is -0.459 e. The Labute approximate surface area is 221 Å². The molecule has 0 radical (unpaired) electrons. The molecular weight excluding hydrogens is 508 g/mol. The Balaban J connectivity index is 1.43. The third kappa shape index (κ3) is 6.83. The highest BCUT2D eigenvalue weighted by Gasteiger charge is 2.22. The van der Waals surface area contributed by atoms with Gasteiger partial charge in [0.15, 0.2) is 5.76 Å². The van der Waals surface area contributed by atoms with Gasteiger partial charge in [-0.25, -0.2) is 0 Å². The maximum absolute atomic E-state index is 13.1. The number of amides is 2. The minimum atomic E-state index is -0.807. The van der Waals surface area contributed by atoms with Crippen LogP contribution in [0.1, 0.15) is 27.3 Å². The molecule has 3 aromatic carbocycles. The lowest BCUT2D eigenvalue weighted by atomic mass is 10.1. The number of rotatable bonds is 11. The first-order valence-corrected chi connectivity index (χ1v) is 11.7. The van der Waals surface area contributed by atoms with E-state index in [2.05, 4.69) is 5.32 Å². The summed E-state index contributed by atoms with van der Waals surface area (Å²) < 4.78 is 11.1. The molecule has 12 heteroatoms. The molecule has 0 bridgehead atoms. The molecule has 1 N–H and O–H groups in total. The molecule has 4 rings (SSSR count). The summed E-state index contributed by atoms with van der Waals surface area (Å²) in [4.78, 5) is 47.7. The van der Waals surface area contributed by atoms with Gasteiger partial charge < -0.3 is 19.4 Å². The first-order valence-electron chi connectivity index (χ1n) is 11.7. The molecule has 0 saturated heterocycles. The summed E-state index contributed by atoms with van der Waals surface area (Å²) in [7, 11) is 0. The highest BCUT2D eigenvalue weighted by atomic mass is 16.6. The van der Waals surface area contributed by atoms with Crippen LogP contribution in [0.15, 0.2) is 95.6 Å². The van der Waals surface area contributed by atoms with Gasteiger partial charge >= 0.3 is 0 Å². The molecule has 0 aliphatic heterocycles. The molecular formula is C27H22N4O8. The Kier molecular flexibility index (Phi) is 8.27. The Bertz CT molecular complexity index is 1440. The van der Waals surface area contributed by atoms with E-state index < -0.39 is 33.0 Å². The zero-order chi connectivity index (χ0) is 27.8. The highest BCUT2D eigenvalue weighted by Crippen LogP contribution is 2.26. The van der Waals surface area contributed by atoms with Gasteiger partial charge in [0, 0.05) is 30.9 Å². The fourth-order valence-corrected chi connectivity index (χ4v) is 3.68. The van der Waals surface area contributed by atoms with Gasteiger partial charge in [-0.1, -0.05) is 18.2 Å². The number of nitro benzene ring substituents is 2. The number of carbonyl (C=O) groups excluding carboxylic acids is 2. The average molecular weight is 530 g/mol. The second kappa shape index (κ2) is 12.1. The molecule has 0 atom stereocenters. The molecule has 0 unspecified atom stereocenters. The molecule has 39 heavy (non-hydrogen) atoms. The molecule has 12 nitrogen and oxygen atoms in total. The van der Waals surface area contributed by atoms with Crippen LogP contribution < -0.4 is 15.0 Å². The predicted molar refractivity (Wildman–Crippen MR) is 140 cm³/mol. The Morgan fingerprint density at radius 1 is 0.846 bits per heavy atom. The Hall–Kier alpha value is -5.52. The fourth-order valence-electron chi connectivity index (χ4n) is 3.68. The van der Waals surface area contributed by atoms with Crippen LogP contribution in [0.2, 0.25) is 0 Å². The number of benzene rings is 3. The quantitative estimate of drug-likeness (QED) is 0.154. The predicted octanol–water partition coefficient (Wildman–Crippen LogP) is 5.36. The number of anilines is 1. The number of para-hydroxylation sites is 1. The summed E-state index contributed by atoms with van der Waals surface area (Å²) in [6.45, 7) is 0.278. The van der Waals surface area contributed by atoms with Crippen LogP contribution in [-0.4, -0.2) is 34.8 Å². The average Bonchev–Trinajstić information content (AvgIpc) is 3.49. The standard InChI is InChI=1S/C27H22N4O8/c32-26(19-16-21(30(34)35)18-22(17-19)31(36)37)28-13-5-14-29(27(33)25-8-4-15-38-25)20-9-11-24(12-10-20)39-23-6-2-1-3-7-23/h1-4,6-12,15-18H,5,13-14H2,(H,28,32). The third-order valence-electron chi connectivity index (χ3n) is 5.53. The van der Waals surface area contributed by atoms with E-state index in [1.54, 1.807) is 36.4 Å². The smallest absolute Gasteiger partial charge is 0.293 e. The number of carbonyl (C=O) groups is 2. The van der Waals surface area contributed by atoms with Crippen LogP contribution in [0, 0.1) is 20.2 Å². The minimum absolute atomic E-state index is 0.0897. The fraction of sp³-hybridized carbons (Fsp3) is 0.111. The number of furan rings is 1. The van der Waals surface area contributed by atoms with E-state index in [9.17, 15) is 29.8 Å². The van der Waals surface area contributed by atoms with Gasteiger partial charge in [-0.2, -0.15) is 0 Å². The van der Waals surface area contributed by atoms with Crippen molar-refractivity contribution in [2.75, 3.05) is 18.0 Å². The second-order valence-corrected chi connectivity index (χ2v) is 8.20. The largest absolute Gasteiger partial charge is 0.459 e. The zero-order valence-electron chi connectivity index (χ0n) is 20.4. The third-order valence-corrected chi connectivity index (χ3v) is 5.53. The maximum atomic E-state index is 13.1. The molecule has 0 spiro atoms. The van der Waals surface area contributed by atoms with Gasteiger partial charge in [0.2, 0.25) is 0 Å². The number of ether oxygens (including phenoxy) is 1. The number of nitrogens with one attached hydrogen (secondary N) is 1. The van der Waals surface area contributed by atoms with Gasteiger partial charge in [-0.15, -0.1) is 0 Å². The molecule has 0 saturated carbocycles. The monoisotopic (exact) mass is 530 g/mol. The van der Waals surface area contributed by atoms with E-state index in [0.29, 0.717) is 23.6 Å². The van der Waals surface area contributed by atoms with Crippen LogP contribution in [-0.2, 0) is 0 Å². The lowest BCUT2D eigenvalue weighted by Gasteiger charge is -2.22. The number of nitrogens with zero attached hydrogens (tertiary/aromatic N) is 3. The van der Waals surface area contributed by atoms with Gasteiger partial charge in [0.25, 0.3) is 23.2 Å². The van der Waals surface area contributed by atoms with E-state index in [0.717, 1.165) is 18.2 Å². The summed E-state index contributed by atoms with van der Waals surface area (Å²) in [5, 5.41) is 24.8. The van der Waals surface area contributed by atoms with Crippen LogP contribution in [0.3, 0.4) is 0 Å². The summed E-state index contributed by atoms with van der Waals surface area (Å²) in [6.07, 6.45) is 1.69. The van der Waals surface area contributed by atoms with Crippen molar-refractivity contribution in [3.05, 3.63) is 123 Å². The number of hydrogen-bond acceptors (Lipinski definition) is 8. The van der Waals surface area contributed by atoms with Crippen molar-refractivity contribution in [3.8, 4) is 11.5 Å². The molecule has 2 amide bonds. The Morgan fingerprint density at radius 2 is 1.49 bits per heavy atom. The number of nitro groups is 2. The molecule has 198 valence electrons. The van der Waals surface area contributed by atoms with Crippen molar-refractivity contribution in [1.29, 1.82) is 0 Å². The molecule has 0 aliphatic carbocycles. The van der Waals surface area contributed by atoms with Crippen molar-refractivity contribution in [3.63, 3.8) is 0 Å². The lowest BCUT2D eigenvalue weighted by molar-refractivity contribution is -0.394. The van der Waals surface area contributed by atoms with Crippen LogP contribution in [0.5, 0.6) is 11.5 Å². The second-order valence-electron chi connectivity index (χ2n) is 8.20. The molecule has 4 aromatic rings. The summed E-state index contributed by atoms with van der Waals surface area (Å²) in [5.41, 5.74) is -0.778. The molecule has 1 heterocycles. The van der Waals surface area contributed by atoms with Crippen molar-refractivity contribution in [2.45, 2.75) is 6.42 Å². The van der Waals surface area contributed by atoms with E-state index in [1.807, 2.05) is 30.3 Å². The SMILES string of the molecule is O=C(NCCCN(C(=O)c1ccco1)c1ccc(Oc2ccccc2)cc1)c1cc([N+](=O)[O-])cc([N+](=O)[O-])c1. The highest BCUT2D eigenvalue weighted by molar-refractivity contribution is 6.04. The van der Waals surface area contributed by atoms with Crippen LogP contribution in [0.25, 0.3) is 0 Å². The zero-order valence-corrected chi connectivity index (χ0v) is 20.4. The van der Waals surface area contributed by atoms with E-state index >= 15 is 0 Å². The van der Waals surface area contributed by atoms with Crippen LogP contribution in [0.4, 0.5) is 17.1 Å². The van der Waals surface area contributed by atoms with Crippen molar-refractivity contribution in [1.82, 2.24) is 5.32 Å². The normalized spacial score (nSPS) is 10.5. The van der Waals surface area contributed by atoms with E-state index in [4.69, 9.17) is 9.15 Å². The van der Waals surface area contributed by atoms with E-state index in [1.165, 1.54) is 11.2 Å². The topological polar surface area (TPSA) is 158 Å². The van der Waals surface area contributed by atoms with E-state index in [-0.39, 0.29) is 24.4 Å². The van der Waals surface area contributed by atoms with Crippen molar-refractivity contribution in [2.24, 2.45) is 0 Å². The summed E-state index contributed by atoms with van der Waals surface area (Å²) >= 11 is 0. The summed E-state index contributed by atoms with van der Waals surface area (Å²) in [6, 6.07) is 22.0. The Morgan fingerprint density at radius 3 is 2.08 bits per heavy atom. The lowest BCUT2D eigenvalue weighted by Crippen LogP contribution is -2.34. The van der Waals surface area contributed by atoms with Gasteiger partial charge in [0.05, 0.1) is 27.7 Å². The van der Waals surface area contributed by atoms with Gasteiger partial charge in [0.1, 0.15) is 11.5 Å². The molecule has 1 aromatic heterocycles. The maximum Gasteiger partial charge on any atom is 0.293 e. The first-order chi connectivity index (χ1) is 18.8.